The van der Waals surface area contributed by atoms with Crippen molar-refractivity contribution in [1.82, 2.24) is 4.31 Å². The van der Waals surface area contributed by atoms with Crippen LogP contribution in [0.1, 0.15) is 6.92 Å². The molecule has 1 heterocycles. The zero-order valence-corrected chi connectivity index (χ0v) is 8.34. The quantitative estimate of drug-likeness (QED) is 0.610. The van der Waals surface area contributed by atoms with Gasteiger partial charge < -0.3 is 4.74 Å². The molecule has 13 heavy (non-hydrogen) atoms. The van der Waals surface area contributed by atoms with Crippen LogP contribution in [0.4, 0.5) is 0 Å². The number of Topliss-reactive ketones (excluding diaryl/α,β-unsaturated/α-hetero) is 1. The lowest BCUT2D eigenvalue weighted by Crippen LogP contribution is -2.42. The van der Waals surface area contributed by atoms with Crippen LogP contribution in [0.5, 0.6) is 0 Å². The fourth-order valence-corrected chi connectivity index (χ4v) is 2.57. The van der Waals surface area contributed by atoms with Crippen LogP contribution in [0.15, 0.2) is 0 Å². The first-order valence-corrected chi connectivity index (χ1v) is 5.68. The summed E-state index contributed by atoms with van der Waals surface area (Å²) in [6.07, 6.45) is 0. The largest absolute Gasteiger partial charge is 0.379 e. The molecule has 1 aliphatic rings. The van der Waals surface area contributed by atoms with Crippen LogP contribution >= 0.6 is 0 Å². The van der Waals surface area contributed by atoms with E-state index in [1.807, 2.05) is 0 Å². The minimum Gasteiger partial charge on any atom is -0.379 e. The molecule has 76 valence electrons. The first kappa shape index (κ1) is 10.6. The number of carbonyl (C=O) groups is 1. The monoisotopic (exact) mass is 207 g/mol. The summed E-state index contributed by atoms with van der Waals surface area (Å²) in [4.78, 5) is 10.7. The van der Waals surface area contributed by atoms with Crippen LogP contribution in [0.3, 0.4) is 0 Å². The molecular weight excluding hydrogens is 194 g/mol. The van der Waals surface area contributed by atoms with Crippen molar-refractivity contribution in [1.29, 1.82) is 0 Å². The van der Waals surface area contributed by atoms with Crippen LogP contribution in [0, 0.1) is 0 Å². The summed E-state index contributed by atoms with van der Waals surface area (Å²) < 4.78 is 29.2. The number of sulfonamides is 1. The highest BCUT2D eigenvalue weighted by Crippen LogP contribution is 2.05. The Morgan fingerprint density at radius 2 is 1.92 bits per heavy atom. The van der Waals surface area contributed by atoms with Crippen molar-refractivity contribution in [2.75, 3.05) is 32.1 Å². The van der Waals surface area contributed by atoms with Crippen molar-refractivity contribution in [2.24, 2.45) is 0 Å². The van der Waals surface area contributed by atoms with Crippen molar-refractivity contribution in [3.05, 3.63) is 0 Å². The molecule has 1 aliphatic heterocycles. The van der Waals surface area contributed by atoms with Gasteiger partial charge in [0.25, 0.3) is 0 Å². The van der Waals surface area contributed by atoms with E-state index in [4.69, 9.17) is 4.74 Å². The molecule has 0 amide bonds. The fraction of sp³-hybridized carbons (Fsp3) is 0.857. The Morgan fingerprint density at radius 1 is 1.38 bits per heavy atom. The summed E-state index contributed by atoms with van der Waals surface area (Å²) in [5.74, 6) is -0.723. The highest BCUT2D eigenvalue weighted by atomic mass is 32.2. The molecule has 5 nitrogen and oxygen atoms in total. The molecule has 0 bridgehead atoms. The smallest absolute Gasteiger partial charge is 0.221 e. The standard InChI is InChI=1S/C7H13NO4S/c1-7(9)6-13(10,11)8-2-4-12-5-3-8/h2-6H2,1H3. The normalized spacial score (nSPS) is 20.1. The summed E-state index contributed by atoms with van der Waals surface area (Å²) in [6, 6.07) is 0. The molecule has 1 fully saturated rings. The highest BCUT2D eigenvalue weighted by molar-refractivity contribution is 7.89. The Kier molecular flexibility index (Phi) is 3.40. The van der Waals surface area contributed by atoms with E-state index in [2.05, 4.69) is 0 Å². The van der Waals surface area contributed by atoms with Gasteiger partial charge in [0.1, 0.15) is 11.5 Å². The van der Waals surface area contributed by atoms with Crippen LogP contribution in [-0.2, 0) is 19.6 Å². The maximum atomic E-state index is 11.4. The van der Waals surface area contributed by atoms with Crippen LogP contribution in [0.25, 0.3) is 0 Å². The number of nitrogens with zero attached hydrogens (tertiary/aromatic N) is 1. The van der Waals surface area contributed by atoms with Gasteiger partial charge in [-0.2, -0.15) is 4.31 Å². The predicted molar refractivity (Wildman–Crippen MR) is 46.9 cm³/mol. The number of hydrogen-bond acceptors (Lipinski definition) is 4. The van der Waals surface area contributed by atoms with Gasteiger partial charge in [0, 0.05) is 13.1 Å². The Labute approximate surface area is 77.7 Å². The maximum Gasteiger partial charge on any atom is 0.221 e. The Balaban J connectivity index is 2.62. The predicted octanol–water partition coefficient (Wildman–Crippen LogP) is -0.763. The second kappa shape index (κ2) is 4.17. The van der Waals surface area contributed by atoms with E-state index in [9.17, 15) is 13.2 Å². The van der Waals surface area contributed by atoms with Crippen molar-refractivity contribution < 1.29 is 17.9 Å². The maximum absolute atomic E-state index is 11.4. The summed E-state index contributed by atoms with van der Waals surface area (Å²) in [7, 11) is -3.38. The van der Waals surface area contributed by atoms with E-state index in [-0.39, 0.29) is 5.78 Å². The Morgan fingerprint density at radius 3 is 2.38 bits per heavy atom. The number of ether oxygens (including phenoxy) is 1. The second-order valence-electron chi connectivity index (χ2n) is 2.97. The first-order chi connectivity index (χ1) is 6.02. The van der Waals surface area contributed by atoms with Crippen LogP contribution in [0.2, 0.25) is 0 Å². The van der Waals surface area contributed by atoms with Gasteiger partial charge in [0.2, 0.25) is 10.0 Å². The summed E-state index contributed by atoms with van der Waals surface area (Å²) in [5.41, 5.74) is 0. The lowest BCUT2D eigenvalue weighted by Gasteiger charge is -2.25. The van der Waals surface area contributed by atoms with E-state index in [1.165, 1.54) is 11.2 Å². The van der Waals surface area contributed by atoms with Crippen molar-refractivity contribution in [3.8, 4) is 0 Å². The minimum absolute atomic E-state index is 0.327. The van der Waals surface area contributed by atoms with E-state index in [1.54, 1.807) is 0 Å². The molecule has 0 N–H and O–H groups in total. The molecule has 0 aliphatic carbocycles. The van der Waals surface area contributed by atoms with Gasteiger partial charge in [-0.25, -0.2) is 8.42 Å². The van der Waals surface area contributed by atoms with Gasteiger partial charge in [0.05, 0.1) is 13.2 Å². The topological polar surface area (TPSA) is 63.7 Å². The first-order valence-electron chi connectivity index (χ1n) is 4.07. The molecule has 0 unspecified atom stereocenters. The van der Waals surface area contributed by atoms with Crippen LogP contribution < -0.4 is 0 Å². The van der Waals surface area contributed by atoms with E-state index in [0.29, 0.717) is 26.3 Å². The molecular formula is C7H13NO4S. The third-order valence-electron chi connectivity index (χ3n) is 1.75. The number of rotatable bonds is 3. The van der Waals surface area contributed by atoms with Gasteiger partial charge in [-0.05, 0) is 6.92 Å². The number of hydrogen-bond donors (Lipinski definition) is 0. The molecule has 1 rings (SSSR count). The molecule has 0 saturated carbocycles. The summed E-state index contributed by atoms with van der Waals surface area (Å²) in [5, 5.41) is 0. The molecule has 0 atom stereocenters. The average Bonchev–Trinajstić information content (AvgIpc) is 2.04. The lowest BCUT2D eigenvalue weighted by molar-refractivity contribution is -0.114. The van der Waals surface area contributed by atoms with Gasteiger partial charge in [-0.15, -0.1) is 0 Å². The lowest BCUT2D eigenvalue weighted by atomic mass is 10.5. The molecule has 0 radical (unpaired) electrons. The third kappa shape index (κ3) is 3.06. The van der Waals surface area contributed by atoms with Gasteiger partial charge >= 0.3 is 0 Å². The number of morpholine rings is 1. The molecule has 0 aromatic carbocycles. The molecule has 0 spiro atoms. The zero-order valence-electron chi connectivity index (χ0n) is 7.52. The van der Waals surface area contributed by atoms with E-state index >= 15 is 0 Å². The van der Waals surface area contributed by atoms with Gasteiger partial charge in [0.15, 0.2) is 0 Å². The van der Waals surface area contributed by atoms with Gasteiger partial charge in [-0.3, -0.25) is 4.79 Å². The third-order valence-corrected chi connectivity index (χ3v) is 3.67. The summed E-state index contributed by atoms with van der Waals surface area (Å²) >= 11 is 0. The highest BCUT2D eigenvalue weighted by Gasteiger charge is 2.25. The van der Waals surface area contributed by atoms with Crippen molar-refractivity contribution >= 4 is 15.8 Å². The molecule has 0 aromatic rings. The second-order valence-corrected chi connectivity index (χ2v) is 4.94. The fourth-order valence-electron chi connectivity index (χ4n) is 1.17. The SMILES string of the molecule is CC(=O)CS(=O)(=O)N1CCOCC1. The van der Waals surface area contributed by atoms with Crippen LogP contribution in [-0.4, -0.2) is 50.6 Å². The number of ketones is 1. The van der Waals surface area contributed by atoms with E-state index in [0.717, 1.165) is 0 Å². The Hall–Kier alpha value is -0.460. The zero-order chi connectivity index (χ0) is 9.90. The average molecular weight is 207 g/mol. The van der Waals surface area contributed by atoms with Crippen molar-refractivity contribution in [3.63, 3.8) is 0 Å². The van der Waals surface area contributed by atoms with E-state index < -0.39 is 15.8 Å². The van der Waals surface area contributed by atoms with Gasteiger partial charge in [-0.1, -0.05) is 0 Å². The summed E-state index contributed by atoms with van der Waals surface area (Å²) in [6.45, 7) is 2.82. The molecule has 6 heteroatoms. The molecule has 0 aromatic heterocycles. The minimum atomic E-state index is -3.38. The molecule has 1 saturated heterocycles. The Bertz CT molecular complexity index is 279. The number of carbonyl (C=O) groups excluding carboxylic acids is 1. The van der Waals surface area contributed by atoms with Crippen molar-refractivity contribution in [2.45, 2.75) is 6.92 Å².